The zero-order valence-electron chi connectivity index (χ0n) is 11.5. The van der Waals surface area contributed by atoms with E-state index in [1.165, 1.54) is 25.1 Å². The van der Waals surface area contributed by atoms with Gasteiger partial charge in [0.1, 0.15) is 11.6 Å². The van der Waals surface area contributed by atoms with Crippen molar-refractivity contribution in [2.75, 3.05) is 6.61 Å². The van der Waals surface area contributed by atoms with Crippen molar-refractivity contribution in [2.45, 2.75) is 33.6 Å². The summed E-state index contributed by atoms with van der Waals surface area (Å²) >= 11 is 0. The number of carbonyl (C=O) groups is 1. The lowest BCUT2D eigenvalue weighted by Gasteiger charge is -2.15. The number of Topliss-reactive ketones (excluding diaryl/α,β-unsaturated/α-hetero) is 1. The van der Waals surface area contributed by atoms with E-state index in [0.717, 1.165) is 0 Å². The van der Waals surface area contributed by atoms with Crippen LogP contribution in [0.4, 0.5) is 4.39 Å². The molecular formula is C15H18FNO2. The van der Waals surface area contributed by atoms with Crippen LogP contribution in [0.3, 0.4) is 0 Å². The molecular weight excluding hydrogens is 245 g/mol. The van der Waals surface area contributed by atoms with E-state index in [2.05, 4.69) is 6.07 Å². The molecule has 0 spiro atoms. The van der Waals surface area contributed by atoms with Gasteiger partial charge in [-0.2, -0.15) is 5.26 Å². The fourth-order valence-electron chi connectivity index (χ4n) is 1.66. The number of halogens is 1. The molecule has 0 atom stereocenters. The lowest BCUT2D eigenvalue weighted by molar-refractivity contribution is 0.101. The first-order valence-corrected chi connectivity index (χ1v) is 6.20. The lowest BCUT2D eigenvalue weighted by atomic mass is 9.90. The Morgan fingerprint density at radius 1 is 1.47 bits per heavy atom. The molecule has 0 saturated carbocycles. The minimum absolute atomic E-state index is 0.230. The van der Waals surface area contributed by atoms with Crippen molar-refractivity contribution in [3.63, 3.8) is 0 Å². The molecule has 4 heteroatoms. The molecule has 3 nitrogen and oxygen atoms in total. The predicted octanol–water partition coefficient (Wildman–Crippen LogP) is 3.74. The third-order valence-electron chi connectivity index (χ3n) is 2.83. The first kappa shape index (κ1) is 15.2. The highest BCUT2D eigenvalue weighted by molar-refractivity contribution is 5.96. The third-order valence-corrected chi connectivity index (χ3v) is 2.83. The van der Waals surface area contributed by atoms with Gasteiger partial charge in [-0.15, -0.1) is 0 Å². The number of rotatable bonds is 6. The first-order valence-electron chi connectivity index (χ1n) is 6.20. The van der Waals surface area contributed by atoms with Crippen LogP contribution in [0.25, 0.3) is 0 Å². The van der Waals surface area contributed by atoms with Crippen molar-refractivity contribution in [3.05, 3.63) is 29.6 Å². The van der Waals surface area contributed by atoms with Crippen molar-refractivity contribution in [1.29, 1.82) is 5.26 Å². The van der Waals surface area contributed by atoms with E-state index in [-0.39, 0.29) is 16.8 Å². The Kier molecular flexibility index (Phi) is 5.05. The number of carbonyl (C=O) groups excluding carboxylic acids is 1. The maximum atomic E-state index is 13.1. The zero-order chi connectivity index (χ0) is 14.5. The molecule has 0 aliphatic heterocycles. The fraction of sp³-hybridized carbons (Fsp3) is 0.467. The average Bonchev–Trinajstić information content (AvgIpc) is 2.36. The molecule has 0 heterocycles. The fourth-order valence-corrected chi connectivity index (χ4v) is 1.66. The Balaban J connectivity index is 2.59. The van der Waals surface area contributed by atoms with Crippen LogP contribution in [-0.2, 0) is 0 Å². The van der Waals surface area contributed by atoms with E-state index in [1.54, 1.807) is 0 Å². The maximum absolute atomic E-state index is 13.1. The summed E-state index contributed by atoms with van der Waals surface area (Å²) in [5.74, 6) is -0.293. The van der Waals surface area contributed by atoms with Crippen molar-refractivity contribution < 1.29 is 13.9 Å². The molecule has 0 radical (unpaired) electrons. The molecule has 0 saturated heterocycles. The first-order chi connectivity index (χ1) is 8.85. The molecule has 0 amide bonds. The Morgan fingerprint density at radius 2 is 2.16 bits per heavy atom. The molecule has 1 aromatic carbocycles. The smallest absolute Gasteiger partial charge is 0.163 e. The predicted molar refractivity (Wildman–Crippen MR) is 70.5 cm³/mol. The topological polar surface area (TPSA) is 50.1 Å². The maximum Gasteiger partial charge on any atom is 0.163 e. The summed E-state index contributed by atoms with van der Waals surface area (Å²) in [5.41, 5.74) is -0.130. The molecule has 19 heavy (non-hydrogen) atoms. The molecule has 0 N–H and O–H groups in total. The van der Waals surface area contributed by atoms with Crippen LogP contribution in [0.15, 0.2) is 18.2 Å². The number of nitrogens with zero attached hydrogens (tertiary/aromatic N) is 1. The standard InChI is InChI=1S/C15H18FNO2/c1-11(18)13-9-12(16)5-6-14(13)19-8-4-7-15(2,3)10-17/h5-6,9H,4,7-8H2,1-3H3. The van der Waals surface area contributed by atoms with Gasteiger partial charge in [0.05, 0.1) is 23.7 Å². The molecule has 0 aliphatic rings. The second kappa shape index (κ2) is 6.33. The quantitative estimate of drug-likeness (QED) is 0.580. The minimum atomic E-state index is -0.455. The van der Waals surface area contributed by atoms with Gasteiger partial charge in [-0.1, -0.05) is 0 Å². The van der Waals surface area contributed by atoms with Crippen LogP contribution in [0.1, 0.15) is 44.0 Å². The Bertz CT molecular complexity index is 503. The number of benzene rings is 1. The molecule has 0 fully saturated rings. The van der Waals surface area contributed by atoms with Gasteiger partial charge in [0, 0.05) is 0 Å². The van der Waals surface area contributed by atoms with Gasteiger partial charge < -0.3 is 4.74 Å². The third kappa shape index (κ3) is 4.70. The number of hydrogen-bond acceptors (Lipinski definition) is 3. The van der Waals surface area contributed by atoms with Gasteiger partial charge in [-0.3, -0.25) is 4.79 Å². The van der Waals surface area contributed by atoms with Gasteiger partial charge in [0.25, 0.3) is 0 Å². The van der Waals surface area contributed by atoms with Gasteiger partial charge >= 0.3 is 0 Å². The number of ether oxygens (including phenoxy) is 1. The van der Waals surface area contributed by atoms with Crippen LogP contribution in [0.5, 0.6) is 5.75 Å². The molecule has 0 aromatic heterocycles. The summed E-state index contributed by atoms with van der Waals surface area (Å²) < 4.78 is 18.6. The molecule has 0 bridgehead atoms. The van der Waals surface area contributed by atoms with Crippen molar-refractivity contribution in [3.8, 4) is 11.8 Å². The summed E-state index contributed by atoms with van der Waals surface area (Å²) in [5, 5.41) is 8.88. The Hall–Kier alpha value is -1.89. The van der Waals surface area contributed by atoms with Crippen molar-refractivity contribution >= 4 is 5.78 Å². The Morgan fingerprint density at radius 3 is 2.74 bits per heavy atom. The zero-order valence-corrected chi connectivity index (χ0v) is 11.5. The highest BCUT2D eigenvalue weighted by Crippen LogP contribution is 2.23. The second-order valence-corrected chi connectivity index (χ2v) is 5.14. The molecule has 1 aromatic rings. The SMILES string of the molecule is CC(=O)c1cc(F)ccc1OCCCC(C)(C)C#N. The summed E-state index contributed by atoms with van der Waals surface area (Å²) in [6.45, 7) is 5.51. The van der Waals surface area contributed by atoms with Crippen LogP contribution in [0, 0.1) is 22.6 Å². The molecule has 0 aliphatic carbocycles. The van der Waals surface area contributed by atoms with E-state index >= 15 is 0 Å². The summed E-state index contributed by atoms with van der Waals surface area (Å²) in [4.78, 5) is 11.4. The van der Waals surface area contributed by atoms with Gasteiger partial charge in [0.2, 0.25) is 0 Å². The molecule has 102 valence electrons. The molecule has 1 rings (SSSR count). The largest absolute Gasteiger partial charge is 0.493 e. The van der Waals surface area contributed by atoms with E-state index in [1.807, 2.05) is 13.8 Å². The summed E-state index contributed by atoms with van der Waals surface area (Å²) in [6.07, 6.45) is 1.41. The van der Waals surface area contributed by atoms with Gasteiger partial charge in [-0.25, -0.2) is 4.39 Å². The minimum Gasteiger partial charge on any atom is -0.493 e. The van der Waals surface area contributed by atoms with Crippen LogP contribution in [-0.4, -0.2) is 12.4 Å². The van der Waals surface area contributed by atoms with E-state index in [4.69, 9.17) is 10.00 Å². The van der Waals surface area contributed by atoms with Gasteiger partial charge in [0.15, 0.2) is 5.78 Å². The lowest BCUT2D eigenvalue weighted by Crippen LogP contribution is -2.11. The highest BCUT2D eigenvalue weighted by Gasteiger charge is 2.16. The van der Waals surface area contributed by atoms with Crippen molar-refractivity contribution in [1.82, 2.24) is 0 Å². The number of hydrogen-bond donors (Lipinski definition) is 0. The van der Waals surface area contributed by atoms with Crippen molar-refractivity contribution in [2.24, 2.45) is 5.41 Å². The van der Waals surface area contributed by atoms with E-state index < -0.39 is 5.82 Å². The monoisotopic (exact) mass is 263 g/mol. The number of nitriles is 1. The van der Waals surface area contributed by atoms with E-state index in [0.29, 0.717) is 25.2 Å². The van der Waals surface area contributed by atoms with E-state index in [9.17, 15) is 9.18 Å². The Labute approximate surface area is 113 Å². The molecule has 0 unspecified atom stereocenters. The summed E-state index contributed by atoms with van der Waals surface area (Å²) in [7, 11) is 0. The average molecular weight is 263 g/mol. The van der Waals surface area contributed by atoms with Crippen LogP contribution in [0.2, 0.25) is 0 Å². The highest BCUT2D eigenvalue weighted by atomic mass is 19.1. The van der Waals surface area contributed by atoms with Crippen LogP contribution < -0.4 is 4.74 Å². The normalized spacial score (nSPS) is 10.9. The second-order valence-electron chi connectivity index (χ2n) is 5.14. The van der Waals surface area contributed by atoms with Crippen LogP contribution >= 0.6 is 0 Å². The summed E-state index contributed by atoms with van der Waals surface area (Å²) in [6, 6.07) is 6.12. The van der Waals surface area contributed by atoms with Gasteiger partial charge in [-0.05, 0) is 51.8 Å². The number of ketones is 1.